The Kier molecular flexibility index (Phi) is 3.03. The lowest BCUT2D eigenvalue weighted by Crippen LogP contribution is -2.21. The Bertz CT molecular complexity index is 460. The second kappa shape index (κ2) is 4.63. The second-order valence-electron chi connectivity index (χ2n) is 3.31. The van der Waals surface area contributed by atoms with E-state index in [4.69, 9.17) is 10.2 Å². The third-order valence-corrected chi connectivity index (χ3v) is 2.16. The Morgan fingerprint density at radius 2 is 2.00 bits per heavy atom. The van der Waals surface area contributed by atoms with Gasteiger partial charge in [0.05, 0.1) is 12.8 Å². The zero-order chi connectivity index (χ0) is 11.4. The van der Waals surface area contributed by atoms with Gasteiger partial charge < -0.3 is 15.5 Å². The number of rotatable bonds is 3. The molecular formula is C12H12N2O2. The van der Waals surface area contributed by atoms with E-state index in [-0.39, 0.29) is 12.5 Å². The van der Waals surface area contributed by atoms with E-state index in [1.807, 2.05) is 36.4 Å². The predicted octanol–water partition coefficient (Wildman–Crippen LogP) is 1.84. The van der Waals surface area contributed by atoms with E-state index in [1.165, 1.54) is 0 Å². The number of anilines is 1. The largest absolute Gasteiger partial charge is 0.464 e. The standard InChI is InChI=1S/C12H12N2O2/c13-8-12(15)14-10-5-3-9(4-6-10)11-2-1-7-16-11/h1-7H,8,13H2,(H,14,15). The first kappa shape index (κ1) is 10.4. The van der Waals surface area contributed by atoms with Crippen molar-refractivity contribution in [1.82, 2.24) is 0 Å². The fourth-order valence-electron chi connectivity index (χ4n) is 1.37. The molecule has 0 aliphatic carbocycles. The van der Waals surface area contributed by atoms with E-state index < -0.39 is 0 Å². The van der Waals surface area contributed by atoms with Gasteiger partial charge in [0.1, 0.15) is 5.76 Å². The molecular weight excluding hydrogens is 204 g/mol. The Morgan fingerprint density at radius 1 is 1.25 bits per heavy atom. The molecule has 2 rings (SSSR count). The van der Waals surface area contributed by atoms with Gasteiger partial charge in [-0.1, -0.05) is 0 Å². The molecule has 2 aromatic rings. The number of benzene rings is 1. The molecule has 0 fully saturated rings. The van der Waals surface area contributed by atoms with E-state index >= 15 is 0 Å². The molecule has 4 nitrogen and oxygen atoms in total. The summed E-state index contributed by atoms with van der Waals surface area (Å²) in [7, 11) is 0. The van der Waals surface area contributed by atoms with Gasteiger partial charge in [0, 0.05) is 11.3 Å². The van der Waals surface area contributed by atoms with Crippen LogP contribution in [0.4, 0.5) is 5.69 Å². The average Bonchev–Trinajstić information content (AvgIpc) is 2.83. The highest BCUT2D eigenvalue weighted by Crippen LogP contribution is 2.21. The Balaban J connectivity index is 2.14. The van der Waals surface area contributed by atoms with Gasteiger partial charge >= 0.3 is 0 Å². The van der Waals surface area contributed by atoms with Crippen molar-refractivity contribution in [2.45, 2.75) is 0 Å². The molecule has 0 radical (unpaired) electrons. The number of carbonyl (C=O) groups is 1. The lowest BCUT2D eigenvalue weighted by atomic mass is 10.1. The molecule has 0 aliphatic rings. The smallest absolute Gasteiger partial charge is 0.238 e. The first-order chi connectivity index (χ1) is 7.79. The second-order valence-corrected chi connectivity index (χ2v) is 3.31. The molecule has 0 saturated heterocycles. The summed E-state index contributed by atoms with van der Waals surface area (Å²) in [6, 6.07) is 11.1. The molecule has 0 spiro atoms. The van der Waals surface area contributed by atoms with Gasteiger partial charge in [-0.25, -0.2) is 0 Å². The van der Waals surface area contributed by atoms with Gasteiger partial charge in [-0.15, -0.1) is 0 Å². The summed E-state index contributed by atoms with van der Waals surface area (Å²) in [4.78, 5) is 11.0. The van der Waals surface area contributed by atoms with E-state index in [2.05, 4.69) is 5.32 Å². The molecule has 1 amide bonds. The molecule has 82 valence electrons. The van der Waals surface area contributed by atoms with Crippen molar-refractivity contribution in [1.29, 1.82) is 0 Å². The van der Waals surface area contributed by atoms with Gasteiger partial charge in [-0.3, -0.25) is 4.79 Å². The van der Waals surface area contributed by atoms with Crippen LogP contribution in [0.3, 0.4) is 0 Å². The molecule has 16 heavy (non-hydrogen) atoms. The highest BCUT2D eigenvalue weighted by molar-refractivity contribution is 5.92. The van der Waals surface area contributed by atoms with E-state index in [1.54, 1.807) is 6.26 Å². The molecule has 0 atom stereocenters. The number of hydrogen-bond acceptors (Lipinski definition) is 3. The number of amides is 1. The van der Waals surface area contributed by atoms with Crippen molar-refractivity contribution >= 4 is 11.6 Å². The van der Waals surface area contributed by atoms with Crippen LogP contribution in [0, 0.1) is 0 Å². The zero-order valence-electron chi connectivity index (χ0n) is 8.64. The summed E-state index contributed by atoms with van der Waals surface area (Å²) < 4.78 is 5.25. The predicted molar refractivity (Wildman–Crippen MR) is 61.8 cm³/mol. The van der Waals surface area contributed by atoms with Crippen LogP contribution in [0.2, 0.25) is 0 Å². The van der Waals surface area contributed by atoms with Gasteiger partial charge in [0.15, 0.2) is 0 Å². The lowest BCUT2D eigenvalue weighted by Gasteiger charge is -2.03. The summed E-state index contributed by atoms with van der Waals surface area (Å²) >= 11 is 0. The SMILES string of the molecule is NCC(=O)Nc1ccc(-c2ccco2)cc1. The van der Waals surface area contributed by atoms with Crippen LogP contribution in [0.15, 0.2) is 47.1 Å². The number of carbonyl (C=O) groups excluding carboxylic acids is 1. The maximum absolute atomic E-state index is 11.0. The maximum atomic E-state index is 11.0. The summed E-state index contributed by atoms with van der Waals surface area (Å²) in [6.07, 6.45) is 1.62. The fourth-order valence-corrected chi connectivity index (χ4v) is 1.37. The first-order valence-electron chi connectivity index (χ1n) is 4.93. The van der Waals surface area contributed by atoms with E-state index in [0.29, 0.717) is 0 Å². The third kappa shape index (κ3) is 2.29. The summed E-state index contributed by atoms with van der Waals surface area (Å²) in [5.74, 6) is 0.599. The maximum Gasteiger partial charge on any atom is 0.238 e. The van der Waals surface area contributed by atoms with Crippen molar-refractivity contribution < 1.29 is 9.21 Å². The van der Waals surface area contributed by atoms with Crippen LogP contribution in [0.5, 0.6) is 0 Å². The first-order valence-corrected chi connectivity index (χ1v) is 4.93. The third-order valence-electron chi connectivity index (χ3n) is 2.16. The van der Waals surface area contributed by atoms with Crippen LogP contribution >= 0.6 is 0 Å². The van der Waals surface area contributed by atoms with Crippen molar-refractivity contribution in [2.75, 3.05) is 11.9 Å². The highest BCUT2D eigenvalue weighted by Gasteiger charge is 2.02. The van der Waals surface area contributed by atoms with E-state index in [0.717, 1.165) is 17.0 Å². The fraction of sp³-hybridized carbons (Fsp3) is 0.0833. The van der Waals surface area contributed by atoms with Crippen LogP contribution in [0.25, 0.3) is 11.3 Å². The minimum absolute atomic E-state index is 0.0140. The number of nitrogens with two attached hydrogens (primary N) is 1. The lowest BCUT2D eigenvalue weighted by molar-refractivity contribution is -0.114. The Morgan fingerprint density at radius 3 is 2.56 bits per heavy atom. The normalized spacial score (nSPS) is 10.1. The van der Waals surface area contributed by atoms with Crippen LogP contribution in [-0.2, 0) is 4.79 Å². The van der Waals surface area contributed by atoms with Crippen molar-refractivity contribution in [3.05, 3.63) is 42.7 Å². The van der Waals surface area contributed by atoms with Gasteiger partial charge in [0.2, 0.25) is 5.91 Å². The zero-order valence-corrected chi connectivity index (χ0v) is 8.64. The van der Waals surface area contributed by atoms with Crippen molar-refractivity contribution in [3.8, 4) is 11.3 Å². The summed E-state index contributed by atoms with van der Waals surface area (Å²) in [6.45, 7) is -0.0140. The van der Waals surface area contributed by atoms with Crippen LogP contribution < -0.4 is 11.1 Å². The summed E-state index contributed by atoms with van der Waals surface area (Å²) in [5, 5.41) is 2.67. The van der Waals surface area contributed by atoms with Gasteiger partial charge in [-0.2, -0.15) is 0 Å². The summed E-state index contributed by atoms with van der Waals surface area (Å²) in [5.41, 5.74) is 6.90. The molecule has 4 heteroatoms. The van der Waals surface area contributed by atoms with E-state index in [9.17, 15) is 4.79 Å². The molecule has 1 aromatic heterocycles. The van der Waals surface area contributed by atoms with Gasteiger partial charge in [0.25, 0.3) is 0 Å². The topological polar surface area (TPSA) is 68.3 Å². The highest BCUT2D eigenvalue weighted by atomic mass is 16.3. The number of hydrogen-bond donors (Lipinski definition) is 2. The molecule has 1 aromatic carbocycles. The number of nitrogens with one attached hydrogen (secondary N) is 1. The molecule has 0 saturated carbocycles. The van der Waals surface area contributed by atoms with Crippen LogP contribution in [-0.4, -0.2) is 12.5 Å². The quantitative estimate of drug-likeness (QED) is 0.822. The number of furan rings is 1. The average molecular weight is 216 g/mol. The molecule has 3 N–H and O–H groups in total. The minimum Gasteiger partial charge on any atom is -0.464 e. The van der Waals surface area contributed by atoms with Crippen LogP contribution in [0.1, 0.15) is 0 Å². The van der Waals surface area contributed by atoms with Crippen molar-refractivity contribution in [2.24, 2.45) is 5.73 Å². The minimum atomic E-state index is -0.203. The molecule has 1 heterocycles. The van der Waals surface area contributed by atoms with Gasteiger partial charge in [-0.05, 0) is 36.4 Å². The van der Waals surface area contributed by atoms with Crippen molar-refractivity contribution in [3.63, 3.8) is 0 Å². The monoisotopic (exact) mass is 216 g/mol. The molecule has 0 bridgehead atoms. The molecule has 0 aliphatic heterocycles. The Hall–Kier alpha value is -2.07. The molecule has 0 unspecified atom stereocenters. The Labute approximate surface area is 93.1 Å².